The van der Waals surface area contributed by atoms with Gasteiger partial charge in [0.1, 0.15) is 5.75 Å². The number of pyridine rings is 1. The van der Waals surface area contributed by atoms with Crippen LogP contribution in [0.5, 0.6) is 5.75 Å². The van der Waals surface area contributed by atoms with E-state index in [0.717, 1.165) is 49.1 Å². The van der Waals surface area contributed by atoms with Crippen LogP contribution in [-0.2, 0) is 11.4 Å². The molecule has 4 rings (SSSR count). The van der Waals surface area contributed by atoms with Gasteiger partial charge in [-0.15, -0.1) is 5.10 Å². The van der Waals surface area contributed by atoms with Gasteiger partial charge in [-0.25, -0.2) is 4.68 Å². The van der Waals surface area contributed by atoms with Crippen molar-refractivity contribution in [2.24, 2.45) is 0 Å². The molecule has 1 saturated heterocycles. The van der Waals surface area contributed by atoms with Gasteiger partial charge in [-0.1, -0.05) is 0 Å². The molecule has 0 unspecified atom stereocenters. The first-order valence-electron chi connectivity index (χ1n) is 8.81. The van der Waals surface area contributed by atoms with E-state index in [2.05, 4.69) is 9.88 Å². The highest BCUT2D eigenvalue weighted by atomic mass is 32.1. The average molecular weight is 383 g/mol. The Morgan fingerprint density at radius 3 is 2.44 bits per heavy atom. The molecular weight excluding hydrogens is 362 g/mol. The molecule has 1 aliphatic heterocycles. The molecule has 0 amide bonds. The zero-order chi connectivity index (χ0) is 18.6. The highest BCUT2D eigenvalue weighted by Gasteiger charge is 2.17. The summed E-state index contributed by atoms with van der Waals surface area (Å²) in [6, 6.07) is 11.7. The number of benzene rings is 1. The van der Waals surface area contributed by atoms with Crippen LogP contribution in [0.2, 0.25) is 0 Å². The molecule has 0 atom stereocenters. The van der Waals surface area contributed by atoms with Crippen LogP contribution in [-0.4, -0.2) is 57.6 Å². The molecule has 1 aliphatic rings. The number of morpholine rings is 1. The molecule has 8 heteroatoms. The summed E-state index contributed by atoms with van der Waals surface area (Å²) >= 11 is 5.78. The minimum absolute atomic E-state index is 0.642. The summed E-state index contributed by atoms with van der Waals surface area (Å²) in [5.41, 5.74) is 1.91. The highest BCUT2D eigenvalue weighted by molar-refractivity contribution is 7.71. The largest absolute Gasteiger partial charge is 0.497 e. The van der Waals surface area contributed by atoms with Crippen molar-refractivity contribution in [3.05, 3.63) is 53.6 Å². The minimum Gasteiger partial charge on any atom is -0.497 e. The van der Waals surface area contributed by atoms with Gasteiger partial charge in [-0.2, -0.15) is 0 Å². The van der Waals surface area contributed by atoms with Gasteiger partial charge in [-0.3, -0.25) is 14.5 Å². The van der Waals surface area contributed by atoms with Crippen molar-refractivity contribution in [1.82, 2.24) is 24.2 Å². The molecule has 140 valence electrons. The van der Waals surface area contributed by atoms with Crippen LogP contribution in [0.25, 0.3) is 17.1 Å². The maximum atomic E-state index is 5.78. The second-order valence-corrected chi connectivity index (χ2v) is 6.61. The molecule has 3 aromatic rings. The summed E-state index contributed by atoms with van der Waals surface area (Å²) in [5, 5.41) is 4.83. The van der Waals surface area contributed by atoms with Crippen LogP contribution in [0.3, 0.4) is 0 Å². The number of rotatable bonds is 5. The number of methoxy groups -OCH3 is 1. The molecule has 2 aromatic heterocycles. The highest BCUT2D eigenvalue weighted by Crippen LogP contribution is 2.24. The normalized spacial score (nSPS) is 15.0. The van der Waals surface area contributed by atoms with E-state index in [-0.39, 0.29) is 0 Å². The van der Waals surface area contributed by atoms with Gasteiger partial charge in [0.05, 0.1) is 32.7 Å². The molecule has 0 N–H and O–H groups in total. The molecule has 0 bridgehead atoms. The fraction of sp³-hybridized carbons (Fsp3) is 0.316. The first-order valence-corrected chi connectivity index (χ1v) is 9.22. The lowest BCUT2D eigenvalue weighted by Crippen LogP contribution is -2.37. The summed E-state index contributed by atoms with van der Waals surface area (Å²) in [4.78, 5) is 6.40. The molecule has 1 aromatic carbocycles. The van der Waals surface area contributed by atoms with Gasteiger partial charge in [0.25, 0.3) is 0 Å². The fourth-order valence-corrected chi connectivity index (χ4v) is 3.37. The molecular formula is C19H21N5O2S. The number of aromatic nitrogens is 4. The topological polar surface area (TPSA) is 57.3 Å². The lowest BCUT2D eigenvalue weighted by molar-refractivity contribution is 0.0210. The van der Waals surface area contributed by atoms with E-state index < -0.39 is 0 Å². The van der Waals surface area contributed by atoms with Crippen LogP contribution in [0.4, 0.5) is 0 Å². The van der Waals surface area contributed by atoms with Gasteiger partial charge < -0.3 is 9.47 Å². The molecule has 0 aliphatic carbocycles. The quantitative estimate of drug-likeness (QED) is 0.632. The Balaban J connectivity index is 1.78. The van der Waals surface area contributed by atoms with E-state index in [9.17, 15) is 0 Å². The number of ether oxygens (including phenoxy) is 2. The first kappa shape index (κ1) is 17.8. The molecule has 7 nitrogen and oxygen atoms in total. The standard InChI is InChI=1S/C19H21N5O2S/c1-25-17-4-2-16(3-5-17)24-18(15-6-8-20-9-7-15)21-23(19(24)27)14-22-10-12-26-13-11-22/h2-9H,10-14H2,1H3. The van der Waals surface area contributed by atoms with Gasteiger partial charge in [0.15, 0.2) is 5.82 Å². The van der Waals surface area contributed by atoms with Gasteiger partial charge in [0, 0.05) is 31.0 Å². The van der Waals surface area contributed by atoms with Crippen molar-refractivity contribution >= 4 is 12.2 Å². The Morgan fingerprint density at radius 2 is 1.78 bits per heavy atom. The SMILES string of the molecule is COc1ccc(-n2c(-c3ccncc3)nn(CN3CCOCC3)c2=S)cc1. The Morgan fingerprint density at radius 1 is 1.07 bits per heavy atom. The van der Waals surface area contributed by atoms with Crippen molar-refractivity contribution in [2.75, 3.05) is 33.4 Å². The lowest BCUT2D eigenvalue weighted by Gasteiger charge is -2.26. The van der Waals surface area contributed by atoms with E-state index in [1.165, 1.54) is 0 Å². The van der Waals surface area contributed by atoms with E-state index in [1.807, 2.05) is 45.6 Å². The molecule has 0 radical (unpaired) electrons. The minimum atomic E-state index is 0.642. The second-order valence-electron chi connectivity index (χ2n) is 6.25. The molecule has 1 fully saturated rings. The third-order valence-electron chi connectivity index (χ3n) is 4.55. The van der Waals surface area contributed by atoms with Gasteiger partial charge >= 0.3 is 0 Å². The summed E-state index contributed by atoms with van der Waals surface area (Å²) in [7, 11) is 1.66. The van der Waals surface area contributed by atoms with Crippen LogP contribution >= 0.6 is 12.2 Å². The van der Waals surface area contributed by atoms with Crippen molar-refractivity contribution < 1.29 is 9.47 Å². The summed E-state index contributed by atoms with van der Waals surface area (Å²) in [5.74, 6) is 1.59. The second kappa shape index (κ2) is 7.99. The van der Waals surface area contributed by atoms with Crippen LogP contribution in [0.1, 0.15) is 0 Å². The van der Waals surface area contributed by atoms with E-state index >= 15 is 0 Å². The Hall–Kier alpha value is -2.55. The van der Waals surface area contributed by atoms with Crippen LogP contribution in [0.15, 0.2) is 48.8 Å². The van der Waals surface area contributed by atoms with Crippen molar-refractivity contribution in [3.8, 4) is 22.8 Å². The first-order chi connectivity index (χ1) is 13.3. The zero-order valence-electron chi connectivity index (χ0n) is 15.1. The third kappa shape index (κ3) is 3.78. The maximum Gasteiger partial charge on any atom is 0.204 e. The lowest BCUT2D eigenvalue weighted by atomic mass is 10.2. The van der Waals surface area contributed by atoms with E-state index in [1.54, 1.807) is 19.5 Å². The molecule has 0 saturated carbocycles. The maximum absolute atomic E-state index is 5.78. The predicted molar refractivity (Wildman–Crippen MR) is 105 cm³/mol. The fourth-order valence-electron chi connectivity index (χ4n) is 3.08. The third-order valence-corrected chi connectivity index (χ3v) is 4.94. The zero-order valence-corrected chi connectivity index (χ0v) is 15.9. The molecule has 3 heterocycles. The summed E-state index contributed by atoms with van der Waals surface area (Å²) < 4.78 is 15.2. The Labute approximate surface area is 162 Å². The van der Waals surface area contributed by atoms with Crippen molar-refractivity contribution in [1.29, 1.82) is 0 Å². The Bertz CT molecular complexity index is 946. The van der Waals surface area contributed by atoms with Gasteiger partial charge in [-0.05, 0) is 48.6 Å². The smallest absolute Gasteiger partial charge is 0.204 e. The van der Waals surface area contributed by atoms with Crippen LogP contribution in [0, 0.1) is 4.77 Å². The number of nitrogens with zero attached hydrogens (tertiary/aromatic N) is 5. The summed E-state index contributed by atoms with van der Waals surface area (Å²) in [6.45, 7) is 3.88. The van der Waals surface area contributed by atoms with E-state index in [0.29, 0.717) is 11.4 Å². The Kier molecular flexibility index (Phi) is 5.28. The van der Waals surface area contributed by atoms with Crippen molar-refractivity contribution in [2.45, 2.75) is 6.67 Å². The average Bonchev–Trinajstić information content (AvgIpc) is 3.05. The van der Waals surface area contributed by atoms with E-state index in [4.69, 9.17) is 26.8 Å². The monoisotopic (exact) mass is 383 g/mol. The summed E-state index contributed by atoms with van der Waals surface area (Å²) in [6.07, 6.45) is 3.52. The van der Waals surface area contributed by atoms with Crippen LogP contribution < -0.4 is 4.74 Å². The predicted octanol–water partition coefficient (Wildman–Crippen LogP) is 2.76. The number of hydrogen-bond acceptors (Lipinski definition) is 6. The van der Waals surface area contributed by atoms with Crippen molar-refractivity contribution in [3.63, 3.8) is 0 Å². The van der Waals surface area contributed by atoms with Gasteiger partial charge in [0.2, 0.25) is 4.77 Å². The molecule has 0 spiro atoms. The number of hydrogen-bond donors (Lipinski definition) is 0. The molecule has 27 heavy (non-hydrogen) atoms.